The smallest absolute Gasteiger partial charge is 0.259 e. The van der Waals surface area contributed by atoms with E-state index in [0.29, 0.717) is 79.3 Å². The molecule has 0 bridgehead atoms. The van der Waals surface area contributed by atoms with E-state index in [2.05, 4.69) is 6.07 Å². The Morgan fingerprint density at radius 2 is 0.817 bits per heavy atom. The van der Waals surface area contributed by atoms with E-state index in [1.165, 1.54) is 31.3 Å². The molecule has 8 heterocycles. The molecule has 0 N–H and O–H groups in total. The number of nitriles is 1. The van der Waals surface area contributed by atoms with Crippen LogP contribution in [0.2, 0.25) is 0 Å². The number of hydrogen-bond donors (Lipinski definition) is 0. The number of anilines is 3. The Morgan fingerprint density at radius 1 is 0.435 bits per heavy atom. The monoisotopic (exact) mass is 1650 g/mol. The normalized spacial score (nSPS) is 18.2. The van der Waals surface area contributed by atoms with Gasteiger partial charge in [0, 0.05) is 90.8 Å². The molecule has 1 aliphatic carbocycles. The van der Waals surface area contributed by atoms with Crippen molar-refractivity contribution in [2.24, 2.45) is 11.8 Å². The van der Waals surface area contributed by atoms with Crippen molar-refractivity contribution in [1.82, 2.24) is 8.61 Å². The van der Waals surface area contributed by atoms with Crippen LogP contribution >= 0.6 is 34.0 Å². The summed E-state index contributed by atoms with van der Waals surface area (Å²) < 4.78 is 92.7. The van der Waals surface area contributed by atoms with Crippen molar-refractivity contribution >= 4 is 148 Å². The predicted molar refractivity (Wildman–Crippen MR) is 450 cm³/mol. The van der Waals surface area contributed by atoms with Gasteiger partial charge in [0.05, 0.1) is 61.6 Å². The molecular weight excluding hydrogens is 1570 g/mol. The van der Waals surface area contributed by atoms with Gasteiger partial charge in [-0.2, -0.15) is 13.9 Å². The van der Waals surface area contributed by atoms with Gasteiger partial charge in [0.25, 0.3) is 37.8 Å². The molecule has 3 amide bonds. The molecule has 2 unspecified atom stereocenters. The minimum atomic E-state index is -3.73. The van der Waals surface area contributed by atoms with Gasteiger partial charge in [-0.15, -0.1) is 34.0 Å². The summed E-state index contributed by atoms with van der Waals surface area (Å²) in [6.07, 6.45) is 9.25. The Balaban J connectivity index is 0.000000136. The lowest BCUT2D eigenvalue weighted by Gasteiger charge is -2.33. The van der Waals surface area contributed by atoms with Crippen LogP contribution in [0.25, 0.3) is 32.3 Å². The maximum atomic E-state index is 13.7. The van der Waals surface area contributed by atoms with E-state index in [1.54, 1.807) is 83.8 Å². The summed E-state index contributed by atoms with van der Waals surface area (Å²) in [5.41, 5.74) is 9.17. The van der Waals surface area contributed by atoms with Crippen LogP contribution in [0.5, 0.6) is 11.5 Å². The zero-order valence-electron chi connectivity index (χ0n) is 63.7. The van der Waals surface area contributed by atoms with Crippen LogP contribution in [-0.4, -0.2) is 134 Å². The molecule has 6 aliphatic rings. The Hall–Kier alpha value is -10.1. The zero-order valence-corrected chi connectivity index (χ0v) is 68.6. The average Bonchev–Trinajstić information content (AvgIpc) is 1.61. The quantitative estimate of drug-likeness (QED) is 0.0488. The molecule has 20 nitrogen and oxygen atoms in total. The zero-order chi connectivity index (χ0) is 80.3. The highest BCUT2D eigenvalue weighted by Gasteiger charge is 2.42. The van der Waals surface area contributed by atoms with Crippen LogP contribution in [0.15, 0.2) is 205 Å². The summed E-state index contributed by atoms with van der Waals surface area (Å²) in [7, 11) is -7.43. The maximum absolute atomic E-state index is 13.7. The Labute approximate surface area is 681 Å². The summed E-state index contributed by atoms with van der Waals surface area (Å²) in [5, 5.41) is 19.4. The fourth-order valence-corrected chi connectivity index (χ4v) is 25.6. The first-order valence-corrected chi connectivity index (χ1v) is 46.0. The van der Waals surface area contributed by atoms with E-state index >= 15 is 0 Å². The van der Waals surface area contributed by atoms with Crippen molar-refractivity contribution in [3.63, 3.8) is 0 Å². The fraction of sp³-hybridized carbons (Fsp3) is 0.315. The number of carbonyl (C=O) groups is 6. The first-order valence-electron chi connectivity index (χ1n) is 38.8. The van der Waals surface area contributed by atoms with Gasteiger partial charge in [-0.1, -0.05) is 110 Å². The molecule has 3 fully saturated rings. The van der Waals surface area contributed by atoms with Crippen LogP contribution in [-0.2, 0) is 76.4 Å². The van der Waals surface area contributed by atoms with Gasteiger partial charge in [0.1, 0.15) is 29.9 Å². The lowest BCUT2D eigenvalue weighted by atomic mass is 9.79. The number of sulfone groups is 1. The number of carbonyl (C=O) groups excluding carboxylic acids is 6. The molecular formula is C89H86N6O14S6. The molecule has 2 saturated heterocycles. The maximum Gasteiger partial charge on any atom is 0.259 e. The molecule has 5 aliphatic heterocycles. The molecule has 115 heavy (non-hydrogen) atoms. The van der Waals surface area contributed by atoms with Crippen LogP contribution in [0.4, 0.5) is 17.1 Å². The van der Waals surface area contributed by atoms with Crippen molar-refractivity contribution in [3.8, 4) is 17.6 Å². The molecule has 1 saturated carbocycles. The third kappa shape index (κ3) is 16.4. The number of thiophene rings is 3. The number of methoxy groups -OCH3 is 2. The van der Waals surface area contributed by atoms with E-state index in [9.17, 15) is 54.0 Å². The standard InChI is InChI=1S/C33H33NO5S2.C31H30N2O5S2.C25H23N3O4S2/c1-39-26-14-9-22(10-15-26)17-18-34-29-16-13-25(27-4-2-5-28(32(27)29)33(34)36)20-30(35)24-11-7-23(8-12-24)21-41(37,38)31-6-3-19-40-31;1-38-23-13-10-21(11-14-23)16-18-32-27-15-12-22(24-6-4-7-25(30(24)27)31(32)35)20-28(34)26-8-2-3-17-33(26)40(36,37)29-9-5-19-39-29;26-12-5-13-27-21-11-10-17(18-6-3-7-19(24(18)21)25(27)30)16-22(29)20-8-1-2-14-28(20)34(31,32)23-9-4-15-33-23/h2-6,9-10,13-16,19,23-24H,7-8,11-12,17-18,20-21H2,1H3;4-7,9-15,19,26H,2-3,8,16-18,20H2,1H3;3-4,6-7,9-11,15,20H,1-2,5,8,13-14,16H2. The number of hydrogen-bond acceptors (Lipinski definition) is 18. The van der Waals surface area contributed by atoms with Crippen LogP contribution in [0, 0.1) is 23.2 Å². The van der Waals surface area contributed by atoms with Crippen molar-refractivity contribution in [3.05, 3.63) is 237 Å². The number of Topliss-reactive ketones (excluding diaryl/α,β-unsaturated/α-hetero) is 3. The Bertz CT molecular complexity index is 5940. The lowest BCUT2D eigenvalue weighted by Crippen LogP contribution is -2.48. The molecule has 2 atom stereocenters. The molecule has 592 valence electrons. The van der Waals surface area contributed by atoms with Crippen molar-refractivity contribution < 1.29 is 63.5 Å². The van der Waals surface area contributed by atoms with Gasteiger partial charge < -0.3 is 24.2 Å². The summed E-state index contributed by atoms with van der Waals surface area (Å²) in [4.78, 5) is 85.5. The van der Waals surface area contributed by atoms with Gasteiger partial charge >= 0.3 is 0 Å². The first kappa shape index (κ1) is 80.1. The SMILES string of the molecule is COc1ccc(CCN2C(=O)c3cccc4c(CC(=O)C5CCC(CS(=O)(=O)c6cccs6)CC5)ccc2c34)cc1.COc1ccc(CCN2C(=O)c3cccc4c(CC(=O)C5CCCCN5S(=O)(=O)c5cccs5)ccc2c34)cc1.N#CCCN1C(=O)c2cccc3c(CC(=O)C4CCCCN4S(=O)(=O)c4cccs4)ccc1c23. The van der Waals surface area contributed by atoms with Gasteiger partial charge in [0.15, 0.2) is 21.4 Å². The highest BCUT2D eigenvalue weighted by atomic mass is 32.3. The number of nitrogens with zero attached hydrogens (tertiary/aromatic N) is 6. The van der Waals surface area contributed by atoms with Crippen LogP contribution < -0.4 is 24.2 Å². The topological polar surface area (TPSA) is 263 Å². The van der Waals surface area contributed by atoms with E-state index in [0.717, 1.165) is 158 Å². The van der Waals surface area contributed by atoms with Crippen molar-refractivity contribution in [2.75, 3.05) is 67.4 Å². The summed E-state index contributed by atoms with van der Waals surface area (Å²) >= 11 is 3.60. The average molecular weight is 1660 g/mol. The van der Waals surface area contributed by atoms with Crippen LogP contribution in [0.3, 0.4) is 0 Å². The first-order chi connectivity index (χ1) is 55.6. The second-order valence-electron chi connectivity index (χ2n) is 29.9. The largest absolute Gasteiger partial charge is 0.497 e. The number of sulfonamides is 2. The van der Waals surface area contributed by atoms with E-state index in [-0.39, 0.29) is 80.3 Å². The molecule has 0 spiro atoms. The molecule has 8 aromatic carbocycles. The van der Waals surface area contributed by atoms with Crippen LogP contribution in [0.1, 0.15) is 130 Å². The van der Waals surface area contributed by atoms with Gasteiger partial charge in [-0.3, -0.25) is 28.8 Å². The number of benzene rings is 8. The highest BCUT2D eigenvalue weighted by Crippen LogP contribution is 2.45. The minimum Gasteiger partial charge on any atom is -0.497 e. The third-order valence-corrected chi connectivity index (χ3v) is 33.0. The Morgan fingerprint density at radius 3 is 1.19 bits per heavy atom. The molecule has 17 rings (SSSR count). The van der Waals surface area contributed by atoms with Gasteiger partial charge in [-0.05, 0) is 209 Å². The predicted octanol–water partition coefficient (Wildman–Crippen LogP) is 16.1. The van der Waals surface area contributed by atoms with E-state index in [4.69, 9.17) is 14.7 Å². The Kier molecular flexibility index (Phi) is 24.0. The second kappa shape index (κ2) is 34.4. The van der Waals surface area contributed by atoms with Crippen molar-refractivity contribution in [1.29, 1.82) is 5.26 Å². The fourth-order valence-electron chi connectivity index (χ4n) is 17.2. The van der Waals surface area contributed by atoms with Crippen molar-refractivity contribution in [2.45, 2.75) is 127 Å². The number of ether oxygens (including phenoxy) is 2. The van der Waals surface area contributed by atoms with Gasteiger partial charge in [-0.25, -0.2) is 25.3 Å². The molecule has 0 radical (unpaired) electrons. The molecule has 26 heteroatoms. The number of piperidine rings is 2. The van der Waals surface area contributed by atoms with E-state index < -0.39 is 42.0 Å². The highest BCUT2D eigenvalue weighted by molar-refractivity contribution is 7.93. The lowest BCUT2D eigenvalue weighted by molar-refractivity contribution is -0.124. The third-order valence-electron chi connectivity index (χ3n) is 23.1. The number of amides is 3. The summed E-state index contributed by atoms with van der Waals surface area (Å²) in [6, 6.07) is 54.9. The summed E-state index contributed by atoms with van der Waals surface area (Å²) in [5.74, 6) is 1.57. The number of ketones is 3. The number of rotatable bonds is 26. The molecule has 11 aromatic rings. The molecule has 3 aromatic heterocycles. The second-order valence-corrected chi connectivity index (χ2v) is 39.2. The summed E-state index contributed by atoms with van der Waals surface area (Å²) in [6.45, 7) is 2.10. The minimum absolute atomic E-state index is 0.00147. The van der Waals surface area contributed by atoms with E-state index in [1.807, 2.05) is 137 Å². The van der Waals surface area contributed by atoms with Gasteiger partial charge in [0.2, 0.25) is 0 Å².